The maximum atomic E-state index is 12.6. The van der Waals surface area contributed by atoms with Crippen molar-refractivity contribution in [2.75, 3.05) is 19.6 Å². The highest BCUT2D eigenvalue weighted by Gasteiger charge is 2.38. The number of piperidine rings is 1. The van der Waals surface area contributed by atoms with E-state index in [-0.39, 0.29) is 11.9 Å². The zero-order valence-corrected chi connectivity index (χ0v) is 12.0. The number of ether oxygens (including phenoxy) is 1. The molecule has 2 heterocycles. The summed E-state index contributed by atoms with van der Waals surface area (Å²) in [6, 6.07) is 0.260. The zero-order chi connectivity index (χ0) is 14.5. The lowest BCUT2D eigenvalue weighted by Crippen LogP contribution is -2.50. The van der Waals surface area contributed by atoms with Crippen LogP contribution in [0, 0.1) is 0 Å². The van der Waals surface area contributed by atoms with Crippen molar-refractivity contribution in [1.82, 2.24) is 10.2 Å². The predicted octanol–water partition coefficient (Wildman–Crippen LogP) is 0.609. The van der Waals surface area contributed by atoms with Crippen LogP contribution in [0.5, 0.6) is 0 Å². The molecule has 2 saturated heterocycles. The van der Waals surface area contributed by atoms with Gasteiger partial charge in [-0.05, 0) is 45.2 Å². The zero-order valence-electron chi connectivity index (χ0n) is 12.0. The van der Waals surface area contributed by atoms with Gasteiger partial charge in [-0.1, -0.05) is 6.92 Å². The van der Waals surface area contributed by atoms with Crippen molar-refractivity contribution in [3.8, 4) is 0 Å². The Bertz CT molecular complexity index is 355. The Balaban J connectivity index is 1.98. The Morgan fingerprint density at radius 2 is 1.85 bits per heavy atom. The lowest BCUT2D eigenvalue weighted by atomic mass is 10.0. The second-order valence-corrected chi connectivity index (χ2v) is 5.54. The Morgan fingerprint density at radius 1 is 1.20 bits per heavy atom. The molecule has 0 radical (unpaired) electrons. The molecule has 0 spiro atoms. The molecule has 0 aromatic carbocycles. The van der Waals surface area contributed by atoms with Crippen LogP contribution >= 0.6 is 0 Å². The molecule has 2 fully saturated rings. The molecule has 2 N–H and O–H groups in total. The molecule has 2 atom stereocenters. The van der Waals surface area contributed by atoms with E-state index in [0.717, 1.165) is 38.9 Å². The number of amides is 1. The molecule has 6 nitrogen and oxygen atoms in total. The number of nitrogens with zero attached hydrogens (tertiary/aromatic N) is 1. The average Bonchev–Trinajstić information content (AvgIpc) is 2.95. The quantitative estimate of drug-likeness (QED) is 0.773. The highest BCUT2D eigenvalue weighted by atomic mass is 16.5. The van der Waals surface area contributed by atoms with Crippen molar-refractivity contribution in [3.05, 3.63) is 0 Å². The molecule has 0 unspecified atom stereocenters. The fraction of sp³-hybridized carbons (Fsp3) is 0.857. The SMILES string of the molecule is CCCN(C(=O)[C@@H]1CC[C@H](C(=O)O)O1)C1CCNCC1. The highest BCUT2D eigenvalue weighted by molar-refractivity contribution is 5.83. The van der Waals surface area contributed by atoms with Gasteiger partial charge in [-0.25, -0.2) is 4.79 Å². The van der Waals surface area contributed by atoms with Gasteiger partial charge < -0.3 is 20.1 Å². The van der Waals surface area contributed by atoms with Gasteiger partial charge in [0.05, 0.1) is 0 Å². The van der Waals surface area contributed by atoms with E-state index in [1.807, 2.05) is 4.90 Å². The van der Waals surface area contributed by atoms with E-state index in [9.17, 15) is 9.59 Å². The number of carboxylic acid groups (broad SMARTS) is 1. The number of aliphatic carboxylic acids is 1. The largest absolute Gasteiger partial charge is 0.479 e. The van der Waals surface area contributed by atoms with E-state index < -0.39 is 18.2 Å². The molecule has 114 valence electrons. The maximum Gasteiger partial charge on any atom is 0.332 e. The number of rotatable bonds is 5. The van der Waals surface area contributed by atoms with E-state index in [2.05, 4.69) is 12.2 Å². The van der Waals surface area contributed by atoms with Gasteiger partial charge in [-0.15, -0.1) is 0 Å². The van der Waals surface area contributed by atoms with Crippen LogP contribution in [0.25, 0.3) is 0 Å². The molecule has 2 aliphatic rings. The predicted molar refractivity (Wildman–Crippen MR) is 73.4 cm³/mol. The molecule has 0 aromatic rings. The van der Waals surface area contributed by atoms with Gasteiger partial charge >= 0.3 is 5.97 Å². The summed E-state index contributed by atoms with van der Waals surface area (Å²) in [6.45, 7) is 4.64. The first-order chi connectivity index (χ1) is 9.63. The average molecular weight is 284 g/mol. The van der Waals surface area contributed by atoms with E-state index in [1.54, 1.807) is 0 Å². The smallest absolute Gasteiger partial charge is 0.332 e. The molecule has 0 saturated carbocycles. The van der Waals surface area contributed by atoms with E-state index in [1.165, 1.54) is 0 Å². The van der Waals surface area contributed by atoms with Crippen LogP contribution in [0.15, 0.2) is 0 Å². The van der Waals surface area contributed by atoms with Crippen molar-refractivity contribution < 1.29 is 19.4 Å². The minimum atomic E-state index is -0.968. The third kappa shape index (κ3) is 3.49. The van der Waals surface area contributed by atoms with Crippen molar-refractivity contribution >= 4 is 11.9 Å². The number of carbonyl (C=O) groups excluding carboxylic acids is 1. The number of carbonyl (C=O) groups is 2. The van der Waals surface area contributed by atoms with Crippen LogP contribution in [0.3, 0.4) is 0 Å². The first-order valence-electron chi connectivity index (χ1n) is 7.53. The van der Waals surface area contributed by atoms with Crippen LogP contribution in [-0.4, -0.2) is 59.8 Å². The van der Waals surface area contributed by atoms with E-state index in [4.69, 9.17) is 9.84 Å². The van der Waals surface area contributed by atoms with Gasteiger partial charge in [0, 0.05) is 12.6 Å². The van der Waals surface area contributed by atoms with Gasteiger partial charge in [0.25, 0.3) is 5.91 Å². The molecule has 2 aliphatic heterocycles. The van der Waals surface area contributed by atoms with Crippen LogP contribution in [0.2, 0.25) is 0 Å². The summed E-state index contributed by atoms with van der Waals surface area (Å²) in [6.07, 6.45) is 2.38. The van der Waals surface area contributed by atoms with Gasteiger partial charge in [-0.2, -0.15) is 0 Å². The van der Waals surface area contributed by atoms with Gasteiger partial charge in [-0.3, -0.25) is 4.79 Å². The Hall–Kier alpha value is -1.14. The lowest BCUT2D eigenvalue weighted by Gasteiger charge is -2.36. The van der Waals surface area contributed by atoms with E-state index in [0.29, 0.717) is 12.8 Å². The highest BCUT2D eigenvalue weighted by Crippen LogP contribution is 2.24. The molecule has 0 aliphatic carbocycles. The van der Waals surface area contributed by atoms with Crippen LogP contribution in [0.1, 0.15) is 39.0 Å². The molecule has 1 amide bonds. The topological polar surface area (TPSA) is 78.9 Å². The second kappa shape index (κ2) is 7.04. The van der Waals surface area contributed by atoms with Crippen LogP contribution < -0.4 is 5.32 Å². The minimum Gasteiger partial charge on any atom is -0.479 e. The van der Waals surface area contributed by atoms with Crippen molar-refractivity contribution in [1.29, 1.82) is 0 Å². The molecule has 2 rings (SSSR count). The summed E-state index contributed by atoms with van der Waals surface area (Å²) < 4.78 is 5.40. The minimum absolute atomic E-state index is 0.0255. The summed E-state index contributed by atoms with van der Waals surface area (Å²) in [5, 5.41) is 12.2. The number of hydrogen-bond donors (Lipinski definition) is 2. The molecular formula is C14H24N2O4. The fourth-order valence-corrected chi connectivity index (χ4v) is 3.02. The second-order valence-electron chi connectivity index (χ2n) is 5.54. The molecule has 20 heavy (non-hydrogen) atoms. The Kier molecular flexibility index (Phi) is 5.37. The number of carboxylic acids is 1. The summed E-state index contributed by atoms with van der Waals surface area (Å²) in [5.41, 5.74) is 0. The standard InChI is InChI=1S/C14H24N2O4/c1-2-9-16(10-5-7-15-8-6-10)13(17)11-3-4-12(20-11)14(18)19/h10-12,15H,2-9H2,1H3,(H,18,19)/t11-,12+/m0/s1. The number of nitrogens with one attached hydrogen (secondary N) is 1. The van der Waals surface area contributed by atoms with Gasteiger partial charge in [0.1, 0.15) is 6.10 Å². The first kappa shape index (κ1) is 15.3. The van der Waals surface area contributed by atoms with Gasteiger partial charge in [0.15, 0.2) is 6.10 Å². The number of hydrogen-bond acceptors (Lipinski definition) is 4. The molecule has 0 bridgehead atoms. The van der Waals surface area contributed by atoms with Crippen molar-refractivity contribution in [3.63, 3.8) is 0 Å². The summed E-state index contributed by atoms with van der Waals surface area (Å²) >= 11 is 0. The van der Waals surface area contributed by atoms with Crippen LogP contribution in [0.4, 0.5) is 0 Å². The molecule has 0 aromatic heterocycles. The Morgan fingerprint density at radius 3 is 2.40 bits per heavy atom. The summed E-state index contributed by atoms with van der Waals surface area (Å²) in [7, 11) is 0. The lowest BCUT2D eigenvalue weighted by molar-refractivity contribution is -0.156. The van der Waals surface area contributed by atoms with Crippen LogP contribution in [-0.2, 0) is 14.3 Å². The summed E-state index contributed by atoms with van der Waals surface area (Å²) in [4.78, 5) is 25.4. The first-order valence-corrected chi connectivity index (χ1v) is 7.53. The molecular weight excluding hydrogens is 260 g/mol. The van der Waals surface area contributed by atoms with Gasteiger partial charge in [0.2, 0.25) is 0 Å². The normalized spacial score (nSPS) is 27.4. The molecule has 6 heteroatoms. The van der Waals surface area contributed by atoms with Crippen molar-refractivity contribution in [2.45, 2.75) is 57.3 Å². The third-order valence-corrected chi connectivity index (χ3v) is 4.07. The summed E-state index contributed by atoms with van der Waals surface area (Å²) in [5.74, 6) is -0.994. The monoisotopic (exact) mass is 284 g/mol. The third-order valence-electron chi connectivity index (χ3n) is 4.07. The Labute approximate surface area is 119 Å². The van der Waals surface area contributed by atoms with E-state index >= 15 is 0 Å². The van der Waals surface area contributed by atoms with Crippen molar-refractivity contribution in [2.24, 2.45) is 0 Å². The fourth-order valence-electron chi connectivity index (χ4n) is 3.02. The maximum absolute atomic E-state index is 12.6.